The minimum absolute atomic E-state index is 0.0554. The lowest BCUT2D eigenvalue weighted by Crippen LogP contribution is -2.40. The van der Waals surface area contributed by atoms with Gasteiger partial charge in [-0.3, -0.25) is 4.79 Å². The highest BCUT2D eigenvalue weighted by Crippen LogP contribution is 2.32. The van der Waals surface area contributed by atoms with Crippen molar-refractivity contribution >= 4 is 12.1 Å². The highest BCUT2D eigenvalue weighted by Gasteiger charge is 2.32. The Balaban J connectivity index is 2.34. The van der Waals surface area contributed by atoms with Crippen molar-refractivity contribution in [1.29, 1.82) is 0 Å². The second-order valence-corrected chi connectivity index (χ2v) is 4.22. The number of carbonyl (C=O) groups excluding carboxylic acids is 1. The highest BCUT2D eigenvalue weighted by atomic mass is 16.5. The molecule has 0 radical (unpaired) electrons. The summed E-state index contributed by atoms with van der Waals surface area (Å²) in [5.41, 5.74) is 2.00. The van der Waals surface area contributed by atoms with Crippen LogP contribution in [0.2, 0.25) is 0 Å². The molecule has 1 aliphatic rings. The Morgan fingerprint density at radius 2 is 2.17 bits per heavy atom. The third-order valence-corrected chi connectivity index (χ3v) is 3.25. The van der Waals surface area contributed by atoms with Crippen molar-refractivity contribution in [3.8, 4) is 0 Å². The first kappa shape index (κ1) is 12.4. The molecule has 2 rings (SSSR count). The summed E-state index contributed by atoms with van der Waals surface area (Å²) in [7, 11) is 1.31. The minimum atomic E-state index is -1.00. The fraction of sp³-hybridized carbons (Fsp3) is 0.385. The van der Waals surface area contributed by atoms with E-state index in [4.69, 9.17) is 0 Å². The van der Waals surface area contributed by atoms with Gasteiger partial charge in [0.1, 0.15) is 0 Å². The zero-order valence-corrected chi connectivity index (χ0v) is 10.1. The number of amides is 1. The van der Waals surface area contributed by atoms with Gasteiger partial charge < -0.3 is 14.7 Å². The molecule has 5 nitrogen and oxygen atoms in total. The molecular formula is C13H15NO4. The number of hydrogen-bond donors (Lipinski definition) is 1. The van der Waals surface area contributed by atoms with Crippen LogP contribution in [-0.2, 0) is 16.0 Å². The monoisotopic (exact) mass is 249 g/mol. The van der Waals surface area contributed by atoms with Crippen LogP contribution in [0.1, 0.15) is 23.6 Å². The molecule has 0 saturated heterocycles. The summed E-state index contributed by atoms with van der Waals surface area (Å²) in [5.74, 6) is -0.400. The molecule has 1 aromatic rings. The molecule has 1 aliphatic heterocycles. The molecule has 1 N–H and O–H groups in total. The Morgan fingerprint density at radius 3 is 2.83 bits per heavy atom. The van der Waals surface area contributed by atoms with Gasteiger partial charge in [-0.15, -0.1) is 0 Å². The third-order valence-electron chi connectivity index (χ3n) is 3.25. The number of esters is 1. The number of rotatable bonds is 2. The van der Waals surface area contributed by atoms with Crippen molar-refractivity contribution < 1.29 is 19.4 Å². The molecule has 0 bridgehead atoms. The van der Waals surface area contributed by atoms with E-state index in [1.165, 1.54) is 12.0 Å². The molecule has 1 heterocycles. The summed E-state index contributed by atoms with van der Waals surface area (Å²) in [4.78, 5) is 23.9. The smallest absolute Gasteiger partial charge is 0.407 e. The van der Waals surface area contributed by atoms with E-state index >= 15 is 0 Å². The van der Waals surface area contributed by atoms with Gasteiger partial charge in [0.25, 0.3) is 0 Å². The van der Waals surface area contributed by atoms with Crippen LogP contribution >= 0.6 is 0 Å². The molecule has 0 aromatic heterocycles. The molecule has 5 heteroatoms. The van der Waals surface area contributed by atoms with Gasteiger partial charge in [-0.1, -0.05) is 24.3 Å². The summed E-state index contributed by atoms with van der Waals surface area (Å²) < 4.78 is 4.64. The van der Waals surface area contributed by atoms with E-state index in [1.54, 1.807) is 0 Å². The number of carbonyl (C=O) groups is 2. The lowest BCUT2D eigenvalue weighted by molar-refractivity contribution is -0.142. The fourth-order valence-corrected chi connectivity index (χ4v) is 2.34. The topological polar surface area (TPSA) is 66.8 Å². The van der Waals surface area contributed by atoms with Gasteiger partial charge in [-0.2, -0.15) is 0 Å². The maximum Gasteiger partial charge on any atom is 0.407 e. The molecule has 1 amide bonds. The highest BCUT2D eigenvalue weighted by molar-refractivity contribution is 5.73. The Morgan fingerprint density at radius 1 is 1.44 bits per heavy atom. The molecular weight excluding hydrogens is 234 g/mol. The quantitative estimate of drug-likeness (QED) is 0.812. The van der Waals surface area contributed by atoms with E-state index in [2.05, 4.69) is 4.74 Å². The lowest BCUT2D eigenvalue weighted by Gasteiger charge is -2.34. The predicted molar refractivity (Wildman–Crippen MR) is 64.3 cm³/mol. The maximum absolute atomic E-state index is 11.4. The summed E-state index contributed by atoms with van der Waals surface area (Å²) in [6.07, 6.45) is -0.265. The average Bonchev–Trinajstić information content (AvgIpc) is 2.38. The van der Waals surface area contributed by atoms with Gasteiger partial charge in [0.15, 0.2) is 0 Å². The van der Waals surface area contributed by atoms with Crippen LogP contribution in [0.3, 0.4) is 0 Å². The number of ether oxygens (including phenoxy) is 1. The molecule has 0 saturated carbocycles. The molecule has 18 heavy (non-hydrogen) atoms. The van der Waals surface area contributed by atoms with Crippen molar-refractivity contribution in [2.24, 2.45) is 0 Å². The molecule has 1 aromatic carbocycles. The largest absolute Gasteiger partial charge is 0.469 e. The Kier molecular flexibility index (Phi) is 3.50. The van der Waals surface area contributed by atoms with Gasteiger partial charge in [-0.05, 0) is 17.5 Å². The number of hydrogen-bond acceptors (Lipinski definition) is 3. The van der Waals surface area contributed by atoms with Crippen molar-refractivity contribution in [3.05, 3.63) is 35.4 Å². The molecule has 0 fully saturated rings. The summed E-state index contributed by atoms with van der Waals surface area (Å²) >= 11 is 0. The third kappa shape index (κ3) is 2.30. The van der Waals surface area contributed by atoms with E-state index in [0.717, 1.165) is 11.1 Å². The van der Waals surface area contributed by atoms with Gasteiger partial charge in [-0.25, -0.2) is 4.79 Å². The van der Waals surface area contributed by atoms with Crippen LogP contribution in [0.4, 0.5) is 4.79 Å². The first-order chi connectivity index (χ1) is 8.63. The number of methoxy groups -OCH3 is 1. The zero-order chi connectivity index (χ0) is 13.1. The minimum Gasteiger partial charge on any atom is -0.469 e. The van der Waals surface area contributed by atoms with E-state index in [9.17, 15) is 14.7 Å². The number of benzene rings is 1. The predicted octanol–water partition coefficient (Wildman–Crippen LogP) is 1.83. The lowest BCUT2D eigenvalue weighted by atomic mass is 9.91. The van der Waals surface area contributed by atoms with Gasteiger partial charge >= 0.3 is 12.1 Å². The van der Waals surface area contributed by atoms with Crippen LogP contribution in [0.25, 0.3) is 0 Å². The maximum atomic E-state index is 11.4. The molecule has 96 valence electrons. The summed E-state index contributed by atoms with van der Waals surface area (Å²) in [6, 6.07) is 7.18. The van der Waals surface area contributed by atoms with Crippen molar-refractivity contribution in [2.75, 3.05) is 13.7 Å². The van der Waals surface area contributed by atoms with Crippen molar-refractivity contribution in [2.45, 2.75) is 18.9 Å². The standard InChI is InChI=1S/C13H15NO4/c1-18-12(15)8-11-10-5-3-2-4-9(10)6-7-14(11)13(16)17/h2-5,11H,6-8H2,1H3,(H,16,17). The zero-order valence-electron chi connectivity index (χ0n) is 10.1. The Hall–Kier alpha value is -2.04. The van der Waals surface area contributed by atoms with Crippen molar-refractivity contribution in [3.63, 3.8) is 0 Å². The molecule has 1 unspecified atom stereocenters. The van der Waals surface area contributed by atoms with Crippen LogP contribution in [0, 0.1) is 0 Å². The Labute approximate surface area is 105 Å². The second kappa shape index (κ2) is 5.08. The number of fused-ring (bicyclic) bond motifs is 1. The van der Waals surface area contributed by atoms with Gasteiger partial charge in [0.05, 0.1) is 19.6 Å². The number of nitrogens with zero attached hydrogens (tertiary/aromatic N) is 1. The molecule has 0 spiro atoms. The van der Waals surface area contributed by atoms with E-state index in [0.29, 0.717) is 13.0 Å². The van der Waals surface area contributed by atoms with Crippen LogP contribution in [0.5, 0.6) is 0 Å². The van der Waals surface area contributed by atoms with Crippen LogP contribution in [-0.4, -0.2) is 35.7 Å². The summed E-state index contributed by atoms with van der Waals surface area (Å²) in [6.45, 7) is 0.411. The van der Waals surface area contributed by atoms with E-state index < -0.39 is 18.1 Å². The first-order valence-electron chi connectivity index (χ1n) is 5.77. The number of carboxylic acid groups (broad SMARTS) is 1. The SMILES string of the molecule is COC(=O)CC1c2ccccc2CCN1C(=O)O. The average molecular weight is 249 g/mol. The van der Waals surface area contributed by atoms with Crippen LogP contribution < -0.4 is 0 Å². The Bertz CT molecular complexity index is 472. The summed E-state index contributed by atoms with van der Waals surface area (Å²) in [5, 5.41) is 9.19. The van der Waals surface area contributed by atoms with E-state index in [-0.39, 0.29) is 6.42 Å². The van der Waals surface area contributed by atoms with Gasteiger partial charge in [0, 0.05) is 6.54 Å². The molecule has 0 aliphatic carbocycles. The van der Waals surface area contributed by atoms with E-state index in [1.807, 2.05) is 24.3 Å². The van der Waals surface area contributed by atoms with Gasteiger partial charge in [0.2, 0.25) is 0 Å². The first-order valence-corrected chi connectivity index (χ1v) is 5.77. The normalized spacial score (nSPS) is 18.1. The molecule has 1 atom stereocenters. The fourth-order valence-electron chi connectivity index (χ4n) is 2.34. The second-order valence-electron chi connectivity index (χ2n) is 4.22. The van der Waals surface area contributed by atoms with Crippen molar-refractivity contribution in [1.82, 2.24) is 4.90 Å². The van der Waals surface area contributed by atoms with Crippen LogP contribution in [0.15, 0.2) is 24.3 Å².